The van der Waals surface area contributed by atoms with E-state index in [4.69, 9.17) is 21.7 Å². The fraction of sp³-hybridized carbons (Fsp3) is 0.500. The molecular formula is C14H20N2O2S. The zero-order valence-electron chi connectivity index (χ0n) is 11.4. The van der Waals surface area contributed by atoms with Crippen molar-refractivity contribution in [3.05, 3.63) is 18.2 Å². The Morgan fingerprint density at radius 1 is 1.16 bits per heavy atom. The van der Waals surface area contributed by atoms with Crippen LogP contribution in [0.1, 0.15) is 25.7 Å². The molecule has 0 saturated heterocycles. The lowest BCUT2D eigenvalue weighted by atomic mass is 10.2. The molecule has 0 heterocycles. The summed E-state index contributed by atoms with van der Waals surface area (Å²) in [6, 6.07) is 6.17. The molecule has 0 aromatic heterocycles. The summed E-state index contributed by atoms with van der Waals surface area (Å²) in [7, 11) is 3.24. The van der Waals surface area contributed by atoms with Crippen molar-refractivity contribution in [1.82, 2.24) is 5.32 Å². The largest absolute Gasteiger partial charge is 0.493 e. The van der Waals surface area contributed by atoms with Crippen LogP contribution in [0.2, 0.25) is 0 Å². The number of hydrogen-bond donors (Lipinski definition) is 2. The third-order valence-electron chi connectivity index (χ3n) is 3.33. The molecule has 1 aromatic rings. The topological polar surface area (TPSA) is 42.5 Å². The first-order valence-electron chi connectivity index (χ1n) is 6.52. The van der Waals surface area contributed by atoms with Gasteiger partial charge >= 0.3 is 0 Å². The van der Waals surface area contributed by atoms with Gasteiger partial charge in [0.15, 0.2) is 16.6 Å². The molecule has 19 heavy (non-hydrogen) atoms. The maximum atomic E-state index is 5.32. The molecule has 0 spiro atoms. The van der Waals surface area contributed by atoms with Gasteiger partial charge in [-0.3, -0.25) is 0 Å². The minimum absolute atomic E-state index is 0.514. The van der Waals surface area contributed by atoms with Gasteiger partial charge < -0.3 is 20.1 Å². The van der Waals surface area contributed by atoms with Crippen LogP contribution >= 0.6 is 12.2 Å². The molecule has 1 aliphatic rings. The van der Waals surface area contributed by atoms with Crippen molar-refractivity contribution in [2.75, 3.05) is 19.5 Å². The van der Waals surface area contributed by atoms with E-state index in [-0.39, 0.29) is 0 Å². The average molecular weight is 280 g/mol. The van der Waals surface area contributed by atoms with Crippen molar-refractivity contribution in [3.63, 3.8) is 0 Å². The molecule has 0 unspecified atom stereocenters. The first-order valence-corrected chi connectivity index (χ1v) is 6.93. The molecule has 1 aliphatic carbocycles. The molecule has 0 aliphatic heterocycles. The van der Waals surface area contributed by atoms with E-state index < -0.39 is 0 Å². The maximum Gasteiger partial charge on any atom is 0.170 e. The van der Waals surface area contributed by atoms with E-state index >= 15 is 0 Å². The highest BCUT2D eigenvalue weighted by molar-refractivity contribution is 7.80. The molecule has 2 N–H and O–H groups in total. The fourth-order valence-corrected chi connectivity index (χ4v) is 2.62. The van der Waals surface area contributed by atoms with Crippen LogP contribution in [0.25, 0.3) is 0 Å². The van der Waals surface area contributed by atoms with Crippen LogP contribution in [-0.2, 0) is 0 Å². The normalized spacial score (nSPS) is 15.1. The lowest BCUT2D eigenvalue weighted by Gasteiger charge is -2.16. The Labute approximate surface area is 119 Å². The summed E-state index contributed by atoms with van der Waals surface area (Å²) in [5.41, 5.74) is 0.896. The van der Waals surface area contributed by atoms with E-state index in [0.717, 1.165) is 5.69 Å². The Bertz CT molecular complexity index is 445. The van der Waals surface area contributed by atoms with Crippen LogP contribution in [0.4, 0.5) is 5.69 Å². The van der Waals surface area contributed by atoms with E-state index in [9.17, 15) is 0 Å². The van der Waals surface area contributed by atoms with Crippen LogP contribution in [0.5, 0.6) is 11.5 Å². The number of thiocarbonyl (C=S) groups is 1. The van der Waals surface area contributed by atoms with Gasteiger partial charge in [-0.1, -0.05) is 12.8 Å². The van der Waals surface area contributed by atoms with Gasteiger partial charge in [-0.05, 0) is 37.2 Å². The molecule has 0 bridgehead atoms. The summed E-state index contributed by atoms with van der Waals surface area (Å²) in [6.45, 7) is 0. The van der Waals surface area contributed by atoms with E-state index in [1.54, 1.807) is 14.2 Å². The highest BCUT2D eigenvalue weighted by atomic mass is 32.1. The second kappa shape index (κ2) is 6.61. The molecule has 1 saturated carbocycles. The van der Waals surface area contributed by atoms with Gasteiger partial charge in [0, 0.05) is 17.8 Å². The summed E-state index contributed by atoms with van der Waals surface area (Å²) in [5.74, 6) is 1.40. The quantitative estimate of drug-likeness (QED) is 0.830. The molecule has 1 fully saturated rings. The Morgan fingerprint density at radius 2 is 1.84 bits per heavy atom. The van der Waals surface area contributed by atoms with Crippen molar-refractivity contribution >= 4 is 23.0 Å². The highest BCUT2D eigenvalue weighted by Gasteiger charge is 2.15. The van der Waals surface area contributed by atoms with E-state index in [2.05, 4.69) is 10.6 Å². The molecule has 5 heteroatoms. The van der Waals surface area contributed by atoms with Crippen molar-refractivity contribution in [2.24, 2.45) is 0 Å². The van der Waals surface area contributed by atoms with Crippen LogP contribution in [0.3, 0.4) is 0 Å². The lowest BCUT2D eigenvalue weighted by Crippen LogP contribution is -2.35. The smallest absolute Gasteiger partial charge is 0.170 e. The Kier molecular flexibility index (Phi) is 4.85. The van der Waals surface area contributed by atoms with Crippen LogP contribution in [0.15, 0.2) is 18.2 Å². The summed E-state index contributed by atoms with van der Waals surface area (Å²) in [4.78, 5) is 0. The SMILES string of the molecule is COc1ccc(NC(=S)NC2CCCC2)cc1OC. The Morgan fingerprint density at radius 3 is 2.47 bits per heavy atom. The maximum absolute atomic E-state index is 5.32. The molecule has 0 amide bonds. The Balaban J connectivity index is 1.96. The number of nitrogens with one attached hydrogen (secondary N) is 2. The minimum atomic E-state index is 0.514. The van der Waals surface area contributed by atoms with Gasteiger partial charge in [-0.15, -0.1) is 0 Å². The van der Waals surface area contributed by atoms with Gasteiger partial charge in [-0.25, -0.2) is 0 Å². The van der Waals surface area contributed by atoms with Crippen molar-refractivity contribution in [2.45, 2.75) is 31.7 Å². The van der Waals surface area contributed by atoms with Gasteiger partial charge in [-0.2, -0.15) is 0 Å². The second-order valence-electron chi connectivity index (χ2n) is 4.65. The van der Waals surface area contributed by atoms with E-state index in [1.165, 1.54) is 25.7 Å². The van der Waals surface area contributed by atoms with E-state index in [0.29, 0.717) is 22.7 Å². The summed E-state index contributed by atoms with van der Waals surface area (Å²) in [6.07, 6.45) is 4.98. The third-order valence-corrected chi connectivity index (χ3v) is 3.55. The second-order valence-corrected chi connectivity index (χ2v) is 5.06. The minimum Gasteiger partial charge on any atom is -0.493 e. The zero-order chi connectivity index (χ0) is 13.7. The molecule has 1 aromatic carbocycles. The van der Waals surface area contributed by atoms with Gasteiger partial charge in [0.25, 0.3) is 0 Å². The zero-order valence-corrected chi connectivity index (χ0v) is 12.2. The highest BCUT2D eigenvalue weighted by Crippen LogP contribution is 2.29. The van der Waals surface area contributed by atoms with Crippen LogP contribution in [-0.4, -0.2) is 25.4 Å². The standard InChI is InChI=1S/C14H20N2O2S/c1-17-12-8-7-11(9-13(12)18-2)16-14(19)15-10-5-3-4-6-10/h7-10H,3-6H2,1-2H3,(H2,15,16,19). The van der Waals surface area contributed by atoms with Gasteiger partial charge in [0.2, 0.25) is 0 Å². The lowest BCUT2D eigenvalue weighted by molar-refractivity contribution is 0.355. The molecule has 2 rings (SSSR count). The predicted octanol–water partition coefficient (Wildman–Crippen LogP) is 2.93. The van der Waals surface area contributed by atoms with E-state index in [1.807, 2.05) is 18.2 Å². The van der Waals surface area contributed by atoms with Crippen molar-refractivity contribution in [1.29, 1.82) is 0 Å². The molecule has 0 atom stereocenters. The average Bonchev–Trinajstić information content (AvgIpc) is 2.91. The number of methoxy groups -OCH3 is 2. The van der Waals surface area contributed by atoms with Gasteiger partial charge in [0.05, 0.1) is 14.2 Å². The third kappa shape index (κ3) is 3.73. The number of benzene rings is 1. The Hall–Kier alpha value is -1.49. The van der Waals surface area contributed by atoms with Crippen molar-refractivity contribution < 1.29 is 9.47 Å². The molecule has 0 radical (unpaired) electrons. The number of ether oxygens (including phenoxy) is 2. The fourth-order valence-electron chi connectivity index (χ4n) is 2.34. The number of anilines is 1. The monoisotopic (exact) mass is 280 g/mol. The first kappa shape index (κ1) is 13.9. The number of hydrogen-bond acceptors (Lipinski definition) is 3. The predicted molar refractivity (Wildman–Crippen MR) is 81.2 cm³/mol. The first-order chi connectivity index (χ1) is 9.22. The number of rotatable bonds is 4. The summed E-state index contributed by atoms with van der Waals surface area (Å²) in [5, 5.41) is 7.19. The molecular weight excluding hydrogens is 260 g/mol. The van der Waals surface area contributed by atoms with Crippen molar-refractivity contribution in [3.8, 4) is 11.5 Å². The van der Waals surface area contributed by atoms with Gasteiger partial charge in [0.1, 0.15) is 0 Å². The summed E-state index contributed by atoms with van der Waals surface area (Å²) < 4.78 is 10.5. The van der Waals surface area contributed by atoms with Crippen LogP contribution < -0.4 is 20.1 Å². The molecule has 4 nitrogen and oxygen atoms in total. The van der Waals surface area contributed by atoms with Crippen LogP contribution in [0, 0.1) is 0 Å². The molecule has 104 valence electrons. The summed E-state index contributed by atoms with van der Waals surface area (Å²) >= 11 is 5.32.